The van der Waals surface area contributed by atoms with Gasteiger partial charge in [-0.15, -0.1) is 0 Å². The molecule has 2 amide bonds. The maximum Gasteiger partial charge on any atom is 0.323 e. The first-order valence-electron chi connectivity index (χ1n) is 5.76. The van der Waals surface area contributed by atoms with Gasteiger partial charge >= 0.3 is 12.0 Å². The zero-order valence-corrected chi connectivity index (χ0v) is 11.7. The Bertz CT molecular complexity index is 613. The standard InChI is InChI=1S/C11H15N3O6S/c12-21(19,20)6-5-13-11(18)14(7-10(16)17)8-1-3-9(15)4-2-8/h1-4,15H,5-7H2,(H,13,18)(H,16,17)(H2,12,19,20). The van der Waals surface area contributed by atoms with Gasteiger partial charge in [-0.3, -0.25) is 9.69 Å². The molecule has 0 aliphatic heterocycles. The molecule has 0 aliphatic carbocycles. The lowest BCUT2D eigenvalue weighted by Gasteiger charge is -2.21. The van der Waals surface area contributed by atoms with Gasteiger partial charge in [0.15, 0.2) is 0 Å². The monoisotopic (exact) mass is 317 g/mol. The van der Waals surface area contributed by atoms with Crippen LogP contribution in [0.2, 0.25) is 0 Å². The summed E-state index contributed by atoms with van der Waals surface area (Å²) in [6, 6.07) is 4.52. The van der Waals surface area contributed by atoms with Gasteiger partial charge in [0.05, 0.1) is 5.75 Å². The lowest BCUT2D eigenvalue weighted by molar-refractivity contribution is -0.135. The Kier molecular flexibility index (Phi) is 5.50. The second-order valence-electron chi connectivity index (χ2n) is 4.10. The molecule has 0 aliphatic rings. The second-order valence-corrected chi connectivity index (χ2v) is 5.83. The number of sulfonamides is 1. The molecule has 0 spiro atoms. The Morgan fingerprint density at radius 3 is 2.29 bits per heavy atom. The Balaban J connectivity index is 2.79. The smallest absolute Gasteiger partial charge is 0.323 e. The number of phenols is 1. The van der Waals surface area contributed by atoms with Gasteiger partial charge in [-0.2, -0.15) is 0 Å². The van der Waals surface area contributed by atoms with Crippen LogP contribution < -0.4 is 15.4 Å². The summed E-state index contributed by atoms with van der Waals surface area (Å²) < 4.78 is 21.5. The van der Waals surface area contributed by atoms with Crippen molar-refractivity contribution in [1.82, 2.24) is 5.32 Å². The predicted octanol–water partition coefficient (Wildman–Crippen LogP) is -0.719. The topological polar surface area (TPSA) is 150 Å². The van der Waals surface area contributed by atoms with Crippen molar-refractivity contribution in [3.63, 3.8) is 0 Å². The minimum atomic E-state index is -3.72. The first kappa shape index (κ1) is 16.7. The molecule has 5 N–H and O–H groups in total. The third-order valence-corrected chi connectivity index (χ3v) is 3.14. The zero-order valence-electron chi connectivity index (χ0n) is 10.9. The molecular formula is C11H15N3O6S. The number of nitrogens with zero attached hydrogens (tertiary/aromatic N) is 1. The minimum Gasteiger partial charge on any atom is -0.508 e. The third kappa shape index (κ3) is 6.10. The second kappa shape index (κ2) is 6.90. The highest BCUT2D eigenvalue weighted by Crippen LogP contribution is 2.18. The number of carbonyl (C=O) groups excluding carboxylic acids is 1. The summed E-state index contributed by atoms with van der Waals surface area (Å²) in [4.78, 5) is 23.6. The number of anilines is 1. The Morgan fingerprint density at radius 2 is 1.81 bits per heavy atom. The summed E-state index contributed by atoms with van der Waals surface area (Å²) in [5.41, 5.74) is 0.239. The average molecular weight is 317 g/mol. The van der Waals surface area contributed by atoms with Gasteiger partial charge in [0, 0.05) is 12.2 Å². The number of hydrogen-bond donors (Lipinski definition) is 4. The molecule has 1 aromatic carbocycles. The number of nitrogens with one attached hydrogen (secondary N) is 1. The number of carboxylic acid groups (broad SMARTS) is 1. The fourth-order valence-electron chi connectivity index (χ4n) is 1.44. The van der Waals surface area contributed by atoms with Crippen LogP contribution in [0.3, 0.4) is 0 Å². The number of benzene rings is 1. The maximum absolute atomic E-state index is 11.9. The number of hydrogen-bond acceptors (Lipinski definition) is 5. The van der Waals surface area contributed by atoms with Crippen LogP contribution in [-0.2, 0) is 14.8 Å². The molecule has 0 atom stereocenters. The molecule has 0 heterocycles. The third-order valence-electron chi connectivity index (χ3n) is 2.36. The number of primary sulfonamides is 1. The largest absolute Gasteiger partial charge is 0.508 e. The van der Waals surface area contributed by atoms with Crippen LogP contribution in [-0.4, -0.2) is 49.5 Å². The molecule has 0 unspecified atom stereocenters. The molecule has 0 saturated heterocycles. The molecule has 0 bridgehead atoms. The molecule has 0 saturated carbocycles. The van der Waals surface area contributed by atoms with E-state index in [-0.39, 0.29) is 18.0 Å². The van der Waals surface area contributed by atoms with Crippen molar-refractivity contribution in [2.45, 2.75) is 0 Å². The summed E-state index contributed by atoms with van der Waals surface area (Å²) in [5.74, 6) is -1.75. The van der Waals surface area contributed by atoms with Crippen molar-refractivity contribution in [3.8, 4) is 5.75 Å². The van der Waals surface area contributed by atoms with Crippen LogP contribution in [0.15, 0.2) is 24.3 Å². The van der Waals surface area contributed by atoms with Crippen molar-refractivity contribution in [1.29, 1.82) is 0 Å². The number of carboxylic acids is 1. The summed E-state index contributed by atoms with van der Waals surface area (Å²) in [6.07, 6.45) is 0. The highest BCUT2D eigenvalue weighted by molar-refractivity contribution is 7.89. The summed E-state index contributed by atoms with van der Waals surface area (Å²) in [6.45, 7) is -0.863. The van der Waals surface area contributed by atoms with E-state index in [0.29, 0.717) is 0 Å². The summed E-state index contributed by atoms with van der Waals surface area (Å²) in [5, 5.41) is 25.0. The van der Waals surface area contributed by atoms with Gasteiger partial charge in [-0.25, -0.2) is 18.4 Å². The minimum absolute atomic E-state index is 0.0383. The normalized spacial score (nSPS) is 10.9. The molecular weight excluding hydrogens is 302 g/mol. The maximum atomic E-state index is 11.9. The Morgan fingerprint density at radius 1 is 1.24 bits per heavy atom. The van der Waals surface area contributed by atoms with Gasteiger partial charge < -0.3 is 15.5 Å². The van der Waals surface area contributed by atoms with Crippen LogP contribution in [0.5, 0.6) is 5.75 Å². The quantitative estimate of drug-likeness (QED) is 0.544. The molecule has 10 heteroatoms. The molecule has 1 rings (SSSR count). The van der Waals surface area contributed by atoms with Gasteiger partial charge in [0.1, 0.15) is 12.3 Å². The van der Waals surface area contributed by atoms with E-state index in [1.54, 1.807) is 0 Å². The number of aliphatic carboxylic acids is 1. The van der Waals surface area contributed by atoms with Crippen LogP contribution in [0.25, 0.3) is 0 Å². The summed E-state index contributed by atoms with van der Waals surface area (Å²) in [7, 11) is -3.72. The SMILES string of the molecule is NS(=O)(=O)CCNC(=O)N(CC(=O)O)c1ccc(O)cc1. The van der Waals surface area contributed by atoms with Crippen LogP contribution in [0.1, 0.15) is 0 Å². The number of rotatable bonds is 6. The fraction of sp³-hybridized carbons (Fsp3) is 0.273. The van der Waals surface area contributed by atoms with E-state index < -0.39 is 34.3 Å². The predicted molar refractivity (Wildman–Crippen MR) is 74.5 cm³/mol. The van der Waals surface area contributed by atoms with Crippen molar-refractivity contribution in [3.05, 3.63) is 24.3 Å². The van der Waals surface area contributed by atoms with Crippen molar-refractivity contribution in [2.24, 2.45) is 5.14 Å². The number of phenolic OH excluding ortho intramolecular Hbond substituents is 1. The molecule has 0 radical (unpaired) electrons. The number of nitrogens with two attached hydrogens (primary N) is 1. The van der Waals surface area contributed by atoms with Crippen LogP contribution in [0, 0.1) is 0 Å². The first-order valence-corrected chi connectivity index (χ1v) is 7.47. The number of carbonyl (C=O) groups is 2. The number of aromatic hydroxyl groups is 1. The van der Waals surface area contributed by atoms with Gasteiger partial charge in [-0.05, 0) is 24.3 Å². The van der Waals surface area contributed by atoms with Crippen molar-refractivity contribution < 1.29 is 28.2 Å². The van der Waals surface area contributed by atoms with Crippen molar-refractivity contribution >= 4 is 27.7 Å². The first-order chi connectivity index (χ1) is 9.69. The van der Waals surface area contributed by atoms with Crippen molar-refractivity contribution in [2.75, 3.05) is 23.7 Å². The lowest BCUT2D eigenvalue weighted by Crippen LogP contribution is -2.44. The molecule has 21 heavy (non-hydrogen) atoms. The van der Waals surface area contributed by atoms with Gasteiger partial charge in [0.25, 0.3) is 0 Å². The molecule has 0 aromatic heterocycles. The van der Waals surface area contributed by atoms with Gasteiger partial charge in [0.2, 0.25) is 10.0 Å². The van der Waals surface area contributed by atoms with E-state index in [1.807, 2.05) is 0 Å². The number of urea groups is 1. The van der Waals surface area contributed by atoms with Gasteiger partial charge in [-0.1, -0.05) is 0 Å². The zero-order chi connectivity index (χ0) is 16.0. The molecule has 1 aromatic rings. The van der Waals surface area contributed by atoms with E-state index in [2.05, 4.69) is 5.32 Å². The van der Waals surface area contributed by atoms with Crippen LogP contribution >= 0.6 is 0 Å². The Labute approximate surface area is 121 Å². The Hall–Kier alpha value is -2.33. The molecule has 9 nitrogen and oxygen atoms in total. The highest BCUT2D eigenvalue weighted by atomic mass is 32.2. The lowest BCUT2D eigenvalue weighted by atomic mass is 10.3. The molecule has 116 valence electrons. The average Bonchev–Trinajstić information content (AvgIpc) is 2.35. The molecule has 0 fully saturated rings. The van der Waals surface area contributed by atoms with E-state index in [4.69, 9.17) is 10.2 Å². The summed E-state index contributed by atoms with van der Waals surface area (Å²) >= 11 is 0. The fourth-order valence-corrected chi connectivity index (χ4v) is 1.83. The highest BCUT2D eigenvalue weighted by Gasteiger charge is 2.19. The number of amides is 2. The van der Waals surface area contributed by atoms with E-state index >= 15 is 0 Å². The van der Waals surface area contributed by atoms with E-state index in [9.17, 15) is 23.1 Å². The van der Waals surface area contributed by atoms with E-state index in [1.165, 1.54) is 24.3 Å². The van der Waals surface area contributed by atoms with Crippen LogP contribution in [0.4, 0.5) is 10.5 Å². The van der Waals surface area contributed by atoms with E-state index in [0.717, 1.165) is 4.90 Å².